The van der Waals surface area contributed by atoms with Crippen molar-refractivity contribution < 1.29 is 4.92 Å². The molecule has 0 saturated heterocycles. The summed E-state index contributed by atoms with van der Waals surface area (Å²) in [7, 11) is 2.00. The van der Waals surface area contributed by atoms with E-state index in [2.05, 4.69) is 41.1 Å². The average molecular weight is 374 g/mol. The highest BCUT2D eigenvalue weighted by atomic mass is 16.6. The Morgan fingerprint density at radius 3 is 2.50 bits per heavy atom. The van der Waals surface area contributed by atoms with Crippen LogP contribution in [0.5, 0.6) is 0 Å². The molecular formula is C22H22N4O2. The van der Waals surface area contributed by atoms with Gasteiger partial charge in [-0.2, -0.15) is 0 Å². The molecular weight excluding hydrogens is 352 g/mol. The summed E-state index contributed by atoms with van der Waals surface area (Å²) in [5.74, 6) is 0. The molecule has 0 saturated carbocycles. The van der Waals surface area contributed by atoms with E-state index in [0.717, 1.165) is 41.2 Å². The van der Waals surface area contributed by atoms with Gasteiger partial charge in [-0.3, -0.25) is 15.1 Å². The van der Waals surface area contributed by atoms with Crippen LogP contribution in [0.1, 0.15) is 18.4 Å². The van der Waals surface area contributed by atoms with E-state index < -0.39 is 0 Å². The lowest BCUT2D eigenvalue weighted by Gasteiger charge is -2.32. The topological polar surface area (TPSA) is 70.4 Å². The first-order valence-electron chi connectivity index (χ1n) is 9.25. The third-order valence-electron chi connectivity index (χ3n) is 5.14. The van der Waals surface area contributed by atoms with Crippen LogP contribution in [0.3, 0.4) is 0 Å². The second-order valence-electron chi connectivity index (χ2n) is 7.01. The zero-order valence-electron chi connectivity index (χ0n) is 15.9. The van der Waals surface area contributed by atoms with Gasteiger partial charge in [0, 0.05) is 36.0 Å². The zero-order chi connectivity index (χ0) is 19.7. The number of rotatable bonds is 6. The van der Waals surface area contributed by atoms with Gasteiger partial charge in [0.25, 0.3) is 5.69 Å². The lowest BCUT2D eigenvalue weighted by molar-refractivity contribution is -0.384. The van der Waals surface area contributed by atoms with Gasteiger partial charge < -0.3 is 10.7 Å². The molecule has 0 aliphatic heterocycles. The number of allylic oxidation sites excluding steroid dienone is 2. The van der Waals surface area contributed by atoms with Crippen molar-refractivity contribution in [2.75, 3.05) is 17.4 Å². The van der Waals surface area contributed by atoms with Crippen molar-refractivity contribution in [2.24, 2.45) is 0 Å². The minimum absolute atomic E-state index is 0.0930. The quantitative estimate of drug-likeness (QED) is 0.463. The van der Waals surface area contributed by atoms with Crippen LogP contribution >= 0.6 is 0 Å². The molecule has 0 amide bonds. The Kier molecular flexibility index (Phi) is 4.61. The van der Waals surface area contributed by atoms with E-state index in [-0.39, 0.29) is 10.6 Å². The van der Waals surface area contributed by atoms with Crippen molar-refractivity contribution in [3.05, 3.63) is 87.7 Å². The van der Waals surface area contributed by atoms with Gasteiger partial charge in [-0.25, -0.2) is 0 Å². The number of nitro benzene ring substituents is 1. The van der Waals surface area contributed by atoms with E-state index in [9.17, 15) is 10.1 Å². The van der Waals surface area contributed by atoms with E-state index >= 15 is 0 Å². The van der Waals surface area contributed by atoms with Crippen LogP contribution in [0.15, 0.2) is 72.1 Å². The Balaban J connectivity index is 1.56. The average Bonchev–Trinajstić information content (AvgIpc) is 2.69. The summed E-state index contributed by atoms with van der Waals surface area (Å²) < 4.78 is 0. The zero-order valence-corrected chi connectivity index (χ0v) is 15.9. The van der Waals surface area contributed by atoms with Gasteiger partial charge in [0.2, 0.25) is 0 Å². The van der Waals surface area contributed by atoms with Crippen molar-refractivity contribution >= 4 is 27.8 Å². The normalized spacial score (nSPS) is 13.2. The molecule has 1 aliphatic rings. The second kappa shape index (κ2) is 7.23. The molecule has 28 heavy (non-hydrogen) atoms. The monoisotopic (exact) mass is 374 g/mol. The third-order valence-corrected chi connectivity index (χ3v) is 5.14. The molecule has 0 unspecified atom stereocenters. The predicted molar refractivity (Wildman–Crippen MR) is 113 cm³/mol. The van der Waals surface area contributed by atoms with Gasteiger partial charge in [0.1, 0.15) is 0 Å². The van der Waals surface area contributed by atoms with Crippen LogP contribution in [0.4, 0.5) is 17.1 Å². The molecule has 0 spiro atoms. The van der Waals surface area contributed by atoms with Crippen molar-refractivity contribution in [3.63, 3.8) is 0 Å². The maximum Gasteiger partial charge on any atom is 0.271 e. The Morgan fingerprint density at radius 2 is 1.75 bits per heavy atom. The number of hydrogen-bond donors (Lipinski definition) is 2. The predicted octanol–water partition coefficient (Wildman–Crippen LogP) is 5.11. The first kappa shape index (κ1) is 17.9. The Bertz CT molecular complexity index is 1090. The van der Waals surface area contributed by atoms with E-state index in [4.69, 9.17) is 0 Å². The van der Waals surface area contributed by atoms with Gasteiger partial charge in [0.15, 0.2) is 0 Å². The van der Waals surface area contributed by atoms with Gasteiger partial charge in [-0.1, -0.05) is 42.5 Å². The Hall–Kier alpha value is -3.54. The number of non-ortho nitro benzene ring substituents is 1. The summed E-state index contributed by atoms with van der Waals surface area (Å²) in [5.41, 5.74) is 8.58. The largest absolute Gasteiger partial charge is 0.357 e. The third kappa shape index (κ3) is 3.36. The molecule has 0 heterocycles. The summed E-state index contributed by atoms with van der Waals surface area (Å²) in [6.07, 6.45) is 1.85. The number of hydrazine groups is 1. The standard InChI is InChI=1S/C22H22N4O2/c1-15-10-11-17(26(27)28)14-21(15)23-19-12-13-20(19)24-25(2)22-9-5-7-16-6-3-4-8-18(16)22/h3-11,14,23-24H,12-13H2,1-2H3. The molecule has 0 atom stereocenters. The van der Waals surface area contributed by atoms with Gasteiger partial charge in [-0.15, -0.1) is 0 Å². The minimum Gasteiger partial charge on any atom is -0.357 e. The number of anilines is 2. The molecule has 0 radical (unpaired) electrons. The highest BCUT2D eigenvalue weighted by molar-refractivity contribution is 5.94. The van der Waals surface area contributed by atoms with E-state index in [1.54, 1.807) is 12.1 Å². The van der Waals surface area contributed by atoms with Crippen LogP contribution in [-0.4, -0.2) is 12.0 Å². The van der Waals surface area contributed by atoms with E-state index in [0.29, 0.717) is 0 Å². The molecule has 6 heteroatoms. The lowest BCUT2D eigenvalue weighted by Crippen LogP contribution is -2.38. The molecule has 0 fully saturated rings. The van der Waals surface area contributed by atoms with E-state index in [1.807, 2.05) is 31.1 Å². The molecule has 2 N–H and O–H groups in total. The van der Waals surface area contributed by atoms with E-state index in [1.165, 1.54) is 16.8 Å². The second-order valence-corrected chi connectivity index (χ2v) is 7.01. The van der Waals surface area contributed by atoms with Crippen molar-refractivity contribution in [1.29, 1.82) is 0 Å². The smallest absolute Gasteiger partial charge is 0.271 e. The molecule has 4 rings (SSSR count). The van der Waals surface area contributed by atoms with Crippen molar-refractivity contribution in [3.8, 4) is 0 Å². The first-order valence-corrected chi connectivity index (χ1v) is 9.25. The number of nitro groups is 1. The number of fused-ring (bicyclic) bond motifs is 1. The maximum atomic E-state index is 11.1. The Labute approximate surface area is 163 Å². The van der Waals surface area contributed by atoms with Crippen molar-refractivity contribution in [1.82, 2.24) is 5.43 Å². The lowest BCUT2D eigenvalue weighted by atomic mass is 10.0. The molecule has 1 aliphatic carbocycles. The maximum absolute atomic E-state index is 11.1. The number of nitrogens with one attached hydrogen (secondary N) is 2. The van der Waals surface area contributed by atoms with Crippen LogP contribution < -0.4 is 15.8 Å². The number of hydrogen-bond acceptors (Lipinski definition) is 5. The van der Waals surface area contributed by atoms with Crippen LogP contribution in [-0.2, 0) is 0 Å². The van der Waals surface area contributed by atoms with Gasteiger partial charge >= 0.3 is 0 Å². The summed E-state index contributed by atoms with van der Waals surface area (Å²) >= 11 is 0. The first-order chi connectivity index (χ1) is 13.5. The van der Waals surface area contributed by atoms with Gasteiger partial charge in [-0.05, 0) is 36.8 Å². The highest BCUT2D eigenvalue weighted by Gasteiger charge is 2.20. The SMILES string of the molecule is Cc1ccc([N+](=O)[O-])cc1NC1=C(NN(C)c2cccc3ccccc23)CC1. The number of aryl methyl sites for hydroxylation is 1. The molecule has 3 aromatic carbocycles. The minimum atomic E-state index is -0.368. The van der Waals surface area contributed by atoms with Crippen LogP contribution in [0.25, 0.3) is 10.8 Å². The van der Waals surface area contributed by atoms with Crippen molar-refractivity contribution in [2.45, 2.75) is 19.8 Å². The molecule has 0 bridgehead atoms. The number of nitrogens with zero attached hydrogens (tertiary/aromatic N) is 2. The van der Waals surface area contributed by atoms with Crippen LogP contribution in [0, 0.1) is 17.0 Å². The fraction of sp³-hybridized carbons (Fsp3) is 0.182. The molecule has 3 aromatic rings. The highest BCUT2D eigenvalue weighted by Crippen LogP contribution is 2.32. The summed E-state index contributed by atoms with van der Waals surface area (Å²) in [6, 6.07) is 19.4. The summed E-state index contributed by atoms with van der Waals surface area (Å²) in [4.78, 5) is 10.7. The Morgan fingerprint density at radius 1 is 1.00 bits per heavy atom. The summed E-state index contributed by atoms with van der Waals surface area (Å²) in [6.45, 7) is 1.95. The number of benzene rings is 3. The molecule has 142 valence electrons. The summed E-state index contributed by atoms with van der Waals surface area (Å²) in [5, 5.41) is 18.8. The van der Waals surface area contributed by atoms with Gasteiger partial charge in [0.05, 0.1) is 16.3 Å². The fourth-order valence-corrected chi connectivity index (χ4v) is 3.42. The fourth-order valence-electron chi connectivity index (χ4n) is 3.42. The van der Waals surface area contributed by atoms with Crippen LogP contribution in [0.2, 0.25) is 0 Å². The molecule has 6 nitrogen and oxygen atoms in total. The molecule has 0 aromatic heterocycles.